The number of hydrogen-bond acceptors (Lipinski definition) is 5. The maximum absolute atomic E-state index is 14.2. The molecule has 0 aliphatic carbocycles. The third-order valence-corrected chi connectivity index (χ3v) is 10.3. The Morgan fingerprint density at radius 2 is 1.76 bits per heavy atom. The molecule has 0 saturated carbocycles. The molecule has 7 nitrogen and oxygen atoms in total. The number of thioether (sulfide) groups is 1. The number of benzene rings is 1. The van der Waals surface area contributed by atoms with E-state index in [1.807, 2.05) is 65.3 Å². The Balaban J connectivity index is 1.57. The number of aliphatic hydroxyl groups is 1. The van der Waals surface area contributed by atoms with Crippen LogP contribution in [0.5, 0.6) is 0 Å². The molecule has 4 aliphatic rings. The molecule has 6 atom stereocenters. The Labute approximate surface area is 223 Å². The first-order valence-corrected chi connectivity index (χ1v) is 14.2. The largest absolute Gasteiger partial charge is 0.395 e. The zero-order valence-electron chi connectivity index (χ0n) is 21.9. The lowest BCUT2D eigenvalue weighted by molar-refractivity contribution is -0.145. The van der Waals surface area contributed by atoms with Crippen LogP contribution in [0, 0.1) is 11.8 Å². The van der Waals surface area contributed by atoms with Gasteiger partial charge in [0.1, 0.15) is 6.04 Å². The van der Waals surface area contributed by atoms with Crippen molar-refractivity contribution in [2.45, 2.75) is 61.7 Å². The molecular weight excluding hydrogens is 486 g/mol. The summed E-state index contributed by atoms with van der Waals surface area (Å²) in [5.41, 5.74) is 1.04. The number of fused-ring (bicyclic) bond motifs is 2. The summed E-state index contributed by atoms with van der Waals surface area (Å²) in [6, 6.07) is 9.18. The van der Waals surface area contributed by atoms with Gasteiger partial charge in [0.2, 0.25) is 17.7 Å². The second-order valence-electron chi connectivity index (χ2n) is 10.9. The van der Waals surface area contributed by atoms with Crippen molar-refractivity contribution in [2.24, 2.45) is 11.8 Å². The number of nitrogens with zero attached hydrogens (tertiary/aromatic N) is 3. The van der Waals surface area contributed by atoms with E-state index in [2.05, 4.69) is 19.9 Å². The number of aliphatic hydroxyl groups excluding tert-OH is 1. The zero-order valence-corrected chi connectivity index (χ0v) is 22.7. The number of rotatable bonds is 7. The Kier molecular flexibility index (Phi) is 7.00. The van der Waals surface area contributed by atoms with E-state index in [-0.39, 0.29) is 36.9 Å². The molecule has 0 aromatic heterocycles. The third kappa shape index (κ3) is 4.13. The summed E-state index contributed by atoms with van der Waals surface area (Å²) in [4.78, 5) is 47.8. The van der Waals surface area contributed by atoms with Crippen LogP contribution in [0.3, 0.4) is 0 Å². The first-order chi connectivity index (χ1) is 17.8. The van der Waals surface area contributed by atoms with Crippen LogP contribution in [-0.4, -0.2) is 85.3 Å². The summed E-state index contributed by atoms with van der Waals surface area (Å²) >= 11 is 1.59. The minimum atomic E-state index is -0.862. The average Bonchev–Trinajstić information content (AvgIpc) is 3.13. The van der Waals surface area contributed by atoms with Gasteiger partial charge in [-0.25, -0.2) is 0 Å². The Bertz CT molecular complexity index is 1120. The van der Waals surface area contributed by atoms with Crippen LogP contribution in [-0.2, 0) is 20.9 Å². The highest BCUT2D eigenvalue weighted by Crippen LogP contribution is 2.65. The highest BCUT2D eigenvalue weighted by molar-refractivity contribution is 8.02. The topological polar surface area (TPSA) is 81.2 Å². The molecule has 8 heteroatoms. The van der Waals surface area contributed by atoms with Gasteiger partial charge in [-0.2, -0.15) is 0 Å². The molecule has 0 radical (unpaired) electrons. The molecule has 3 amide bonds. The number of β-amino-alcohol motifs (C(OH)–C–C–N with tert-alkyl or cyclic N) is 1. The first kappa shape index (κ1) is 26.0. The van der Waals surface area contributed by atoms with E-state index < -0.39 is 27.4 Å². The van der Waals surface area contributed by atoms with E-state index in [0.717, 1.165) is 18.4 Å². The van der Waals surface area contributed by atoms with Gasteiger partial charge in [0, 0.05) is 37.0 Å². The fraction of sp³-hybridized carbons (Fsp3) is 0.552. The molecular formula is C29H37N3O4S. The monoisotopic (exact) mass is 523 g/mol. The Morgan fingerprint density at radius 3 is 2.46 bits per heavy atom. The third-order valence-electron chi connectivity index (χ3n) is 8.47. The smallest absolute Gasteiger partial charge is 0.247 e. The van der Waals surface area contributed by atoms with Crippen molar-refractivity contribution in [3.63, 3.8) is 0 Å². The van der Waals surface area contributed by atoms with E-state index in [0.29, 0.717) is 19.6 Å². The molecule has 5 rings (SSSR count). The van der Waals surface area contributed by atoms with Crippen LogP contribution in [0.15, 0.2) is 54.6 Å². The van der Waals surface area contributed by atoms with Crippen molar-refractivity contribution in [1.82, 2.24) is 14.7 Å². The maximum atomic E-state index is 14.2. The molecule has 2 unspecified atom stereocenters. The zero-order chi connectivity index (χ0) is 26.4. The van der Waals surface area contributed by atoms with Crippen LogP contribution in [0.2, 0.25) is 0 Å². The number of likely N-dealkylation sites (tertiary alicyclic amines) is 1. The molecule has 2 saturated heterocycles. The minimum absolute atomic E-state index is 0.0396. The normalized spacial score (nSPS) is 33.8. The molecule has 1 aromatic rings. The highest BCUT2D eigenvalue weighted by atomic mass is 32.2. The van der Waals surface area contributed by atoms with Gasteiger partial charge in [-0.15, -0.1) is 11.8 Å². The van der Waals surface area contributed by atoms with Crippen molar-refractivity contribution < 1.29 is 19.5 Å². The quantitative estimate of drug-likeness (QED) is 0.556. The van der Waals surface area contributed by atoms with E-state index in [9.17, 15) is 19.5 Å². The molecule has 1 spiro atoms. The highest BCUT2D eigenvalue weighted by Gasteiger charge is 2.73. The Morgan fingerprint density at radius 1 is 1.03 bits per heavy atom. The molecule has 1 N–H and O–H groups in total. The predicted octanol–water partition coefficient (Wildman–Crippen LogP) is 2.85. The SMILES string of the molecule is CCCC(C)N1CC=C[C@]23S[C@@]4(C)C=CCN(Cc5ccccc5)C(=O)[C@H]4[C@H]2C(=O)N(CCO)C3C1=O. The van der Waals surface area contributed by atoms with Crippen LogP contribution < -0.4 is 0 Å². The summed E-state index contributed by atoms with van der Waals surface area (Å²) < 4.78 is -1.49. The van der Waals surface area contributed by atoms with Gasteiger partial charge in [-0.05, 0) is 25.8 Å². The van der Waals surface area contributed by atoms with E-state index in [1.165, 1.54) is 0 Å². The van der Waals surface area contributed by atoms with Crippen LogP contribution in [0.4, 0.5) is 0 Å². The summed E-state index contributed by atoms with van der Waals surface area (Å²) in [6.45, 7) is 7.48. The summed E-state index contributed by atoms with van der Waals surface area (Å²) in [5, 5.41) is 9.87. The van der Waals surface area contributed by atoms with Crippen molar-refractivity contribution in [3.8, 4) is 0 Å². The van der Waals surface area contributed by atoms with Crippen molar-refractivity contribution >= 4 is 29.5 Å². The van der Waals surface area contributed by atoms with E-state index in [1.54, 1.807) is 16.7 Å². The summed E-state index contributed by atoms with van der Waals surface area (Å²) in [6.07, 6.45) is 10.0. The summed E-state index contributed by atoms with van der Waals surface area (Å²) in [7, 11) is 0. The van der Waals surface area contributed by atoms with Crippen LogP contribution in [0.25, 0.3) is 0 Å². The lowest BCUT2D eigenvalue weighted by atomic mass is 9.74. The van der Waals surface area contributed by atoms with E-state index >= 15 is 0 Å². The van der Waals surface area contributed by atoms with Gasteiger partial charge < -0.3 is 19.8 Å². The Hall–Kier alpha value is -2.58. The average molecular weight is 524 g/mol. The number of carbonyl (C=O) groups is 3. The summed E-state index contributed by atoms with van der Waals surface area (Å²) in [5.74, 6) is -1.61. The molecule has 0 bridgehead atoms. The first-order valence-electron chi connectivity index (χ1n) is 13.4. The molecule has 198 valence electrons. The standard InChI is InChI=1S/C29H37N3O4S/c1-4-10-20(2)31-16-9-14-29-23(26(35)32(17-18-33)24(29)27(31)36)22-25(34)30(15-8-13-28(22,3)37-29)19-21-11-6-5-7-12-21/h5-9,11-14,20,22-24,33H,4,10,15-19H2,1-3H3/t20?,22-,23+,24?,28+,29+/m1/s1. The van der Waals surface area contributed by atoms with Crippen molar-refractivity contribution in [3.05, 3.63) is 60.2 Å². The van der Waals surface area contributed by atoms with E-state index in [4.69, 9.17) is 0 Å². The second kappa shape index (κ2) is 9.95. The lowest BCUT2D eigenvalue weighted by Crippen LogP contribution is -2.55. The fourth-order valence-corrected chi connectivity index (χ4v) is 9.01. The minimum Gasteiger partial charge on any atom is -0.395 e. The van der Waals surface area contributed by atoms with Gasteiger partial charge in [0.05, 0.1) is 23.2 Å². The lowest BCUT2D eigenvalue weighted by Gasteiger charge is -2.38. The molecule has 2 fully saturated rings. The van der Waals surface area contributed by atoms with Gasteiger partial charge in [-0.3, -0.25) is 14.4 Å². The molecule has 4 heterocycles. The van der Waals surface area contributed by atoms with Gasteiger partial charge in [0.15, 0.2) is 0 Å². The van der Waals surface area contributed by atoms with Gasteiger partial charge >= 0.3 is 0 Å². The van der Waals surface area contributed by atoms with Crippen molar-refractivity contribution in [2.75, 3.05) is 26.2 Å². The van der Waals surface area contributed by atoms with Gasteiger partial charge in [0.25, 0.3) is 0 Å². The molecule has 37 heavy (non-hydrogen) atoms. The van der Waals surface area contributed by atoms with Crippen LogP contribution in [0.1, 0.15) is 39.2 Å². The van der Waals surface area contributed by atoms with Crippen LogP contribution >= 0.6 is 11.8 Å². The number of hydrogen-bond donors (Lipinski definition) is 1. The predicted molar refractivity (Wildman–Crippen MR) is 145 cm³/mol. The number of carbonyl (C=O) groups excluding carboxylic acids is 3. The number of amides is 3. The second-order valence-corrected chi connectivity index (χ2v) is 12.7. The molecule has 1 aromatic carbocycles. The van der Waals surface area contributed by atoms with Gasteiger partial charge in [-0.1, -0.05) is 68.0 Å². The molecule has 4 aliphatic heterocycles. The maximum Gasteiger partial charge on any atom is 0.247 e. The van der Waals surface area contributed by atoms with Crippen molar-refractivity contribution in [1.29, 1.82) is 0 Å². The fourth-order valence-electron chi connectivity index (χ4n) is 6.85.